The number of nitrogens with one attached hydrogen (secondary N) is 1. The molecular weight excluding hydrogens is 428 g/mol. The van der Waals surface area contributed by atoms with Gasteiger partial charge in [0.15, 0.2) is 11.4 Å². The molecule has 9 nitrogen and oxygen atoms in total. The van der Waals surface area contributed by atoms with Crippen molar-refractivity contribution in [2.75, 3.05) is 32.7 Å². The van der Waals surface area contributed by atoms with E-state index in [1.807, 2.05) is 12.3 Å². The van der Waals surface area contributed by atoms with Crippen LogP contribution >= 0.6 is 11.8 Å². The van der Waals surface area contributed by atoms with Gasteiger partial charge in [-0.2, -0.15) is 0 Å². The molecule has 0 spiro atoms. The molecule has 0 atom stereocenters. The summed E-state index contributed by atoms with van der Waals surface area (Å²) in [5.41, 5.74) is 2.20. The number of pyridine rings is 2. The summed E-state index contributed by atoms with van der Waals surface area (Å²) in [5.74, 6) is 2.19. The Morgan fingerprint density at radius 2 is 2.00 bits per heavy atom. The van der Waals surface area contributed by atoms with Gasteiger partial charge in [-0.3, -0.25) is 9.78 Å². The highest BCUT2D eigenvalue weighted by molar-refractivity contribution is 7.99. The molecule has 5 rings (SSSR count). The molecule has 0 unspecified atom stereocenters. The number of hydrogen-bond acceptors (Lipinski definition) is 9. The Morgan fingerprint density at radius 1 is 1.16 bits per heavy atom. The summed E-state index contributed by atoms with van der Waals surface area (Å²) >= 11 is 1.72. The maximum Gasteiger partial charge on any atom is 0.269 e. The van der Waals surface area contributed by atoms with Crippen molar-refractivity contribution in [3.05, 3.63) is 46.8 Å². The van der Waals surface area contributed by atoms with E-state index in [1.54, 1.807) is 29.6 Å². The first-order valence-electron chi connectivity index (χ1n) is 10.8. The fourth-order valence-corrected chi connectivity index (χ4v) is 4.95. The number of fused-ring (bicyclic) bond motifs is 2. The highest BCUT2D eigenvalue weighted by Gasteiger charge is 2.20. The smallest absolute Gasteiger partial charge is 0.269 e. The molecule has 1 N–H and O–H groups in total. The Labute approximate surface area is 190 Å². The summed E-state index contributed by atoms with van der Waals surface area (Å²) in [4.78, 5) is 29.0. The van der Waals surface area contributed by atoms with Crippen LogP contribution in [0.1, 0.15) is 18.5 Å². The van der Waals surface area contributed by atoms with E-state index in [1.165, 1.54) is 11.1 Å². The molecule has 0 radical (unpaired) electrons. The quantitative estimate of drug-likeness (QED) is 0.574. The first-order valence-corrected chi connectivity index (χ1v) is 11.8. The normalized spacial score (nSPS) is 16.8. The predicted molar refractivity (Wildman–Crippen MR) is 122 cm³/mol. The molecule has 0 aliphatic carbocycles. The number of thioether (sulfide) groups is 1. The van der Waals surface area contributed by atoms with Crippen molar-refractivity contribution in [3.8, 4) is 11.5 Å². The third-order valence-electron chi connectivity index (χ3n) is 6.03. The summed E-state index contributed by atoms with van der Waals surface area (Å²) in [6.07, 6.45) is 6.93. The second-order valence-corrected chi connectivity index (χ2v) is 8.96. The first-order chi connectivity index (χ1) is 15.7. The van der Waals surface area contributed by atoms with Crippen LogP contribution < -0.4 is 20.3 Å². The minimum Gasteiger partial charge on any atom is -0.495 e. The number of hydrogen-bond donors (Lipinski definition) is 1. The van der Waals surface area contributed by atoms with Crippen LogP contribution in [-0.2, 0) is 13.1 Å². The molecule has 32 heavy (non-hydrogen) atoms. The van der Waals surface area contributed by atoms with Crippen molar-refractivity contribution in [1.29, 1.82) is 0 Å². The summed E-state index contributed by atoms with van der Waals surface area (Å²) in [7, 11) is 1.59. The monoisotopic (exact) mass is 454 g/mol. The van der Waals surface area contributed by atoms with E-state index in [9.17, 15) is 4.79 Å². The number of piperidine rings is 1. The Balaban J connectivity index is 1.14. The van der Waals surface area contributed by atoms with E-state index in [4.69, 9.17) is 9.47 Å². The molecule has 10 heteroatoms. The van der Waals surface area contributed by atoms with E-state index >= 15 is 0 Å². The van der Waals surface area contributed by atoms with Crippen molar-refractivity contribution in [1.82, 2.24) is 29.7 Å². The Kier molecular flexibility index (Phi) is 6.24. The third-order valence-corrected chi connectivity index (χ3v) is 6.89. The largest absolute Gasteiger partial charge is 0.495 e. The molecule has 0 saturated carbocycles. The van der Waals surface area contributed by atoms with Crippen LogP contribution in [-0.4, -0.2) is 63.1 Å². The Bertz CT molecular complexity index is 1160. The zero-order valence-electron chi connectivity index (χ0n) is 18.0. The van der Waals surface area contributed by atoms with Gasteiger partial charge in [0, 0.05) is 31.7 Å². The Morgan fingerprint density at radius 3 is 2.84 bits per heavy atom. The van der Waals surface area contributed by atoms with Crippen molar-refractivity contribution in [3.63, 3.8) is 0 Å². The van der Waals surface area contributed by atoms with Gasteiger partial charge in [-0.15, -0.1) is 0 Å². The van der Waals surface area contributed by atoms with E-state index in [-0.39, 0.29) is 5.56 Å². The maximum absolute atomic E-state index is 12.4. The van der Waals surface area contributed by atoms with E-state index in [0.717, 1.165) is 50.5 Å². The van der Waals surface area contributed by atoms with Gasteiger partial charge in [-0.1, -0.05) is 11.8 Å². The van der Waals surface area contributed by atoms with Crippen LogP contribution in [0.25, 0.3) is 11.2 Å². The molecule has 168 valence electrons. The number of likely N-dealkylation sites (tertiary alicyclic amines) is 1. The number of aromatic nitrogens is 4. The highest BCUT2D eigenvalue weighted by atomic mass is 32.2. The first kappa shape index (κ1) is 21.2. The van der Waals surface area contributed by atoms with Gasteiger partial charge in [0.05, 0.1) is 41.8 Å². The minimum absolute atomic E-state index is 0.116. The van der Waals surface area contributed by atoms with Crippen LogP contribution in [0.5, 0.6) is 11.5 Å². The van der Waals surface area contributed by atoms with E-state index in [0.29, 0.717) is 35.4 Å². The van der Waals surface area contributed by atoms with Crippen molar-refractivity contribution in [2.45, 2.75) is 36.9 Å². The highest BCUT2D eigenvalue weighted by Crippen LogP contribution is 2.35. The number of rotatable bonds is 7. The van der Waals surface area contributed by atoms with Crippen LogP contribution in [0.15, 0.2) is 40.4 Å². The zero-order chi connectivity index (χ0) is 21.9. The molecule has 2 aliphatic heterocycles. The standard InChI is InChI=1S/C22H26N6O3S/c1-30-17-9-18-22(25-11-17)26-13-21(29)28(18)7-6-27-4-2-15(3-5-27)23-10-16-8-20-19(12-24-16)31-14-32-20/h8-9,11-13,15,23H,2-7,10,14H2,1H3. The summed E-state index contributed by atoms with van der Waals surface area (Å²) in [6, 6.07) is 4.42. The lowest BCUT2D eigenvalue weighted by atomic mass is 10.0. The van der Waals surface area contributed by atoms with E-state index < -0.39 is 0 Å². The molecule has 0 bridgehead atoms. The molecule has 0 amide bonds. The minimum atomic E-state index is -0.116. The van der Waals surface area contributed by atoms with Crippen LogP contribution in [0.4, 0.5) is 0 Å². The zero-order valence-corrected chi connectivity index (χ0v) is 18.8. The van der Waals surface area contributed by atoms with Crippen molar-refractivity contribution in [2.24, 2.45) is 0 Å². The summed E-state index contributed by atoms with van der Waals surface area (Å²) in [6.45, 7) is 4.18. The lowest BCUT2D eigenvalue weighted by molar-refractivity contribution is 0.191. The number of ether oxygens (including phenoxy) is 2. The molecular formula is C22H26N6O3S. The third kappa shape index (κ3) is 4.57. The maximum atomic E-state index is 12.4. The predicted octanol–water partition coefficient (Wildman–Crippen LogP) is 1.89. The van der Waals surface area contributed by atoms with Gasteiger partial charge in [0.25, 0.3) is 5.56 Å². The number of nitrogens with zero attached hydrogens (tertiary/aromatic N) is 5. The molecule has 1 fully saturated rings. The second kappa shape index (κ2) is 9.43. The Hall–Kier alpha value is -2.69. The molecule has 3 aromatic rings. The van der Waals surface area contributed by atoms with Crippen LogP contribution in [0, 0.1) is 0 Å². The van der Waals surface area contributed by atoms with Gasteiger partial charge >= 0.3 is 0 Å². The second-order valence-electron chi connectivity index (χ2n) is 7.99. The van der Waals surface area contributed by atoms with Gasteiger partial charge in [-0.25, -0.2) is 9.97 Å². The molecule has 0 aromatic carbocycles. The lowest BCUT2D eigenvalue weighted by Gasteiger charge is -2.32. The SMILES string of the molecule is COc1cnc2ncc(=O)n(CCN3CCC(NCc4cc5c(cn4)OCS5)CC3)c2c1. The van der Waals surface area contributed by atoms with Crippen LogP contribution in [0.3, 0.4) is 0 Å². The average molecular weight is 455 g/mol. The fraction of sp³-hybridized carbons (Fsp3) is 0.455. The summed E-state index contributed by atoms with van der Waals surface area (Å²) < 4.78 is 12.5. The molecule has 3 aromatic heterocycles. The molecule has 2 aliphatic rings. The topological polar surface area (TPSA) is 94.4 Å². The van der Waals surface area contributed by atoms with Crippen molar-refractivity contribution < 1.29 is 9.47 Å². The molecule has 1 saturated heterocycles. The van der Waals surface area contributed by atoms with E-state index in [2.05, 4.69) is 31.2 Å². The fourth-order valence-electron chi connectivity index (χ4n) is 4.16. The van der Waals surface area contributed by atoms with Gasteiger partial charge in [0.2, 0.25) is 0 Å². The van der Waals surface area contributed by atoms with Crippen molar-refractivity contribution >= 4 is 22.9 Å². The van der Waals surface area contributed by atoms with Gasteiger partial charge in [0.1, 0.15) is 11.7 Å². The van der Waals surface area contributed by atoms with Crippen LogP contribution in [0.2, 0.25) is 0 Å². The van der Waals surface area contributed by atoms with Gasteiger partial charge in [-0.05, 0) is 32.0 Å². The lowest BCUT2D eigenvalue weighted by Crippen LogP contribution is -2.43. The molecule has 5 heterocycles. The number of methoxy groups -OCH3 is 1. The average Bonchev–Trinajstić information content (AvgIpc) is 3.30. The van der Waals surface area contributed by atoms with Gasteiger partial charge < -0.3 is 24.3 Å². The summed E-state index contributed by atoms with van der Waals surface area (Å²) in [5, 5.41) is 3.64.